The van der Waals surface area contributed by atoms with Crippen molar-refractivity contribution in [1.29, 1.82) is 0 Å². The third-order valence-electron chi connectivity index (χ3n) is 5.29. The molecule has 2 aromatic carbocycles. The van der Waals surface area contributed by atoms with Gasteiger partial charge in [0.15, 0.2) is 5.78 Å². The highest BCUT2D eigenvalue weighted by molar-refractivity contribution is 9.10. The average molecular weight is 481 g/mol. The summed E-state index contributed by atoms with van der Waals surface area (Å²) >= 11 is 3.49. The van der Waals surface area contributed by atoms with Gasteiger partial charge in [-0.15, -0.1) is 0 Å². The van der Waals surface area contributed by atoms with Gasteiger partial charge < -0.3 is 20.4 Å². The molecule has 3 aromatic rings. The fourth-order valence-electron chi connectivity index (χ4n) is 3.39. The molecule has 160 valence electrons. The summed E-state index contributed by atoms with van der Waals surface area (Å²) in [5, 5.41) is 6.52. The van der Waals surface area contributed by atoms with E-state index in [1.165, 1.54) is 5.69 Å². The number of halogens is 1. The van der Waals surface area contributed by atoms with Crippen LogP contribution in [0.3, 0.4) is 0 Å². The predicted molar refractivity (Wildman–Crippen MR) is 129 cm³/mol. The summed E-state index contributed by atoms with van der Waals surface area (Å²) in [4.78, 5) is 25.1. The number of likely N-dealkylation sites (N-methyl/N-ethyl adjacent to an activating group) is 1. The third kappa shape index (κ3) is 5.39. The number of anilines is 5. The third-order valence-corrected chi connectivity index (χ3v) is 5.87. The number of aromatic nitrogens is 2. The molecule has 31 heavy (non-hydrogen) atoms. The van der Waals surface area contributed by atoms with Gasteiger partial charge in [-0.25, -0.2) is 4.98 Å². The lowest BCUT2D eigenvalue weighted by Crippen LogP contribution is -2.44. The van der Waals surface area contributed by atoms with E-state index in [1.54, 1.807) is 25.3 Å². The Hall–Kier alpha value is -2.97. The molecule has 4 rings (SSSR count). The van der Waals surface area contributed by atoms with Crippen molar-refractivity contribution in [2.75, 3.05) is 48.8 Å². The summed E-state index contributed by atoms with van der Waals surface area (Å²) < 4.78 is 0.749. The van der Waals surface area contributed by atoms with Crippen LogP contribution in [0.1, 0.15) is 17.3 Å². The number of piperazine rings is 1. The highest BCUT2D eigenvalue weighted by Crippen LogP contribution is 2.26. The zero-order valence-electron chi connectivity index (χ0n) is 17.6. The number of hydrogen-bond acceptors (Lipinski definition) is 7. The molecule has 1 aromatic heterocycles. The first-order valence-electron chi connectivity index (χ1n) is 10.2. The molecule has 1 aliphatic rings. The van der Waals surface area contributed by atoms with Gasteiger partial charge in [0.1, 0.15) is 5.82 Å². The van der Waals surface area contributed by atoms with Crippen LogP contribution in [0.25, 0.3) is 0 Å². The topological polar surface area (TPSA) is 73.4 Å². The van der Waals surface area contributed by atoms with Crippen LogP contribution in [-0.2, 0) is 0 Å². The molecule has 1 fully saturated rings. The fraction of sp³-hybridized carbons (Fsp3) is 0.261. The largest absolute Gasteiger partial charge is 0.369 e. The molecule has 0 spiro atoms. The van der Waals surface area contributed by atoms with Crippen molar-refractivity contribution >= 4 is 50.5 Å². The Morgan fingerprint density at radius 3 is 2.19 bits per heavy atom. The van der Waals surface area contributed by atoms with Crippen LogP contribution in [-0.4, -0.2) is 53.9 Å². The minimum atomic E-state index is 0.0416. The minimum absolute atomic E-state index is 0.0416. The van der Waals surface area contributed by atoms with E-state index in [0.29, 0.717) is 17.3 Å². The molecular weight excluding hydrogens is 456 g/mol. The Labute approximate surface area is 190 Å². The number of hydrogen-bond donors (Lipinski definition) is 2. The summed E-state index contributed by atoms with van der Waals surface area (Å²) in [7, 11) is 2.16. The molecule has 0 unspecified atom stereocenters. The van der Waals surface area contributed by atoms with Crippen molar-refractivity contribution in [1.82, 2.24) is 14.9 Å². The minimum Gasteiger partial charge on any atom is -0.369 e. The second kappa shape index (κ2) is 9.45. The SMILES string of the molecule is CC(=O)c1ccc(Nc2nc(Nc3ccc(N4CCN(C)CC4)cc3)ncc2Br)cc1. The molecule has 0 amide bonds. The number of rotatable bonds is 6. The zero-order chi connectivity index (χ0) is 21.8. The molecule has 1 saturated heterocycles. The first-order valence-corrected chi connectivity index (χ1v) is 11.0. The number of Topliss-reactive ketones (excluding diaryl/α,β-unsaturated/α-hetero) is 1. The second-order valence-corrected chi connectivity index (χ2v) is 8.47. The van der Waals surface area contributed by atoms with Crippen molar-refractivity contribution in [3.05, 3.63) is 64.8 Å². The lowest BCUT2D eigenvalue weighted by molar-refractivity contribution is 0.101. The van der Waals surface area contributed by atoms with Gasteiger partial charge >= 0.3 is 0 Å². The Kier molecular flexibility index (Phi) is 6.48. The van der Waals surface area contributed by atoms with Gasteiger partial charge in [-0.1, -0.05) is 0 Å². The summed E-state index contributed by atoms with van der Waals surface area (Å²) in [5.74, 6) is 1.18. The molecule has 2 N–H and O–H groups in total. The number of nitrogens with one attached hydrogen (secondary N) is 2. The molecule has 0 atom stereocenters. The molecule has 2 heterocycles. The van der Waals surface area contributed by atoms with Crippen LogP contribution < -0.4 is 15.5 Å². The summed E-state index contributed by atoms with van der Waals surface area (Å²) in [6.07, 6.45) is 1.71. The molecule has 7 nitrogen and oxygen atoms in total. The van der Waals surface area contributed by atoms with Gasteiger partial charge in [-0.2, -0.15) is 4.98 Å². The van der Waals surface area contributed by atoms with E-state index in [1.807, 2.05) is 24.3 Å². The van der Waals surface area contributed by atoms with Crippen molar-refractivity contribution in [3.63, 3.8) is 0 Å². The van der Waals surface area contributed by atoms with Gasteiger partial charge in [0, 0.05) is 55.0 Å². The van der Waals surface area contributed by atoms with E-state index >= 15 is 0 Å². The Morgan fingerprint density at radius 1 is 0.935 bits per heavy atom. The van der Waals surface area contributed by atoms with Crippen LogP contribution in [0, 0.1) is 0 Å². The number of carbonyl (C=O) groups is 1. The van der Waals surface area contributed by atoms with Crippen LogP contribution >= 0.6 is 15.9 Å². The van der Waals surface area contributed by atoms with Crippen LogP contribution in [0.4, 0.5) is 28.8 Å². The number of benzene rings is 2. The Balaban J connectivity index is 1.43. The van der Waals surface area contributed by atoms with E-state index < -0.39 is 0 Å². The van der Waals surface area contributed by atoms with E-state index in [9.17, 15) is 4.79 Å². The lowest BCUT2D eigenvalue weighted by Gasteiger charge is -2.34. The zero-order valence-corrected chi connectivity index (χ0v) is 19.2. The quantitative estimate of drug-likeness (QED) is 0.496. The van der Waals surface area contributed by atoms with Gasteiger partial charge in [0.2, 0.25) is 5.95 Å². The maximum absolute atomic E-state index is 11.4. The molecule has 0 saturated carbocycles. The van der Waals surface area contributed by atoms with Crippen molar-refractivity contribution < 1.29 is 4.79 Å². The van der Waals surface area contributed by atoms with Crippen LogP contribution in [0.2, 0.25) is 0 Å². The van der Waals surface area contributed by atoms with Gasteiger partial charge in [0.05, 0.1) is 4.47 Å². The average Bonchev–Trinajstić information content (AvgIpc) is 2.78. The fourth-order valence-corrected chi connectivity index (χ4v) is 3.68. The van der Waals surface area contributed by atoms with Gasteiger partial charge in [-0.05, 0) is 78.4 Å². The van der Waals surface area contributed by atoms with E-state index in [4.69, 9.17) is 0 Å². The van der Waals surface area contributed by atoms with Crippen molar-refractivity contribution in [2.24, 2.45) is 0 Å². The maximum atomic E-state index is 11.4. The summed E-state index contributed by atoms with van der Waals surface area (Å²) in [5.41, 5.74) is 3.67. The molecular formula is C23H25BrN6O. The smallest absolute Gasteiger partial charge is 0.229 e. The Morgan fingerprint density at radius 2 is 1.55 bits per heavy atom. The highest BCUT2D eigenvalue weighted by atomic mass is 79.9. The van der Waals surface area contributed by atoms with Crippen molar-refractivity contribution in [3.8, 4) is 0 Å². The van der Waals surface area contributed by atoms with Gasteiger partial charge in [-0.3, -0.25) is 4.79 Å². The molecule has 0 radical (unpaired) electrons. The Bertz CT molecular complexity index is 1050. The standard InChI is InChI=1S/C23H25BrN6O/c1-16(31)17-3-5-18(6-4-17)26-22-21(24)15-25-23(28-22)27-19-7-9-20(10-8-19)30-13-11-29(2)12-14-30/h3-10,15H,11-14H2,1-2H3,(H2,25,26,27,28). The van der Waals surface area contributed by atoms with Gasteiger partial charge in [0.25, 0.3) is 0 Å². The monoisotopic (exact) mass is 480 g/mol. The van der Waals surface area contributed by atoms with E-state index in [2.05, 4.69) is 65.5 Å². The lowest BCUT2D eigenvalue weighted by atomic mass is 10.1. The van der Waals surface area contributed by atoms with Crippen LogP contribution in [0.5, 0.6) is 0 Å². The highest BCUT2D eigenvalue weighted by Gasteiger charge is 2.14. The predicted octanol–water partition coefficient (Wildman–Crippen LogP) is 4.68. The van der Waals surface area contributed by atoms with Crippen molar-refractivity contribution in [2.45, 2.75) is 6.92 Å². The first kappa shape index (κ1) is 21.3. The molecule has 8 heteroatoms. The number of nitrogens with zero attached hydrogens (tertiary/aromatic N) is 4. The normalized spacial score (nSPS) is 14.4. The number of ketones is 1. The molecule has 0 aliphatic carbocycles. The molecule has 1 aliphatic heterocycles. The van der Waals surface area contributed by atoms with E-state index in [0.717, 1.165) is 42.0 Å². The first-order chi connectivity index (χ1) is 15.0. The summed E-state index contributed by atoms with van der Waals surface area (Å²) in [6.45, 7) is 5.81. The van der Waals surface area contributed by atoms with Crippen LogP contribution in [0.15, 0.2) is 59.2 Å². The van der Waals surface area contributed by atoms with E-state index in [-0.39, 0.29) is 5.78 Å². The molecule has 0 bridgehead atoms. The second-order valence-electron chi connectivity index (χ2n) is 7.61. The number of carbonyl (C=O) groups excluding carboxylic acids is 1. The summed E-state index contributed by atoms with van der Waals surface area (Å²) in [6, 6.07) is 15.6. The maximum Gasteiger partial charge on any atom is 0.229 e.